The van der Waals surface area contributed by atoms with Gasteiger partial charge in [0, 0.05) is 36.7 Å². The lowest BCUT2D eigenvalue weighted by Crippen LogP contribution is -2.48. The highest BCUT2D eigenvalue weighted by Crippen LogP contribution is 2.21. The van der Waals surface area contributed by atoms with Gasteiger partial charge >= 0.3 is 0 Å². The van der Waals surface area contributed by atoms with Crippen LogP contribution in [-0.4, -0.2) is 56.0 Å². The van der Waals surface area contributed by atoms with Gasteiger partial charge in [0.1, 0.15) is 0 Å². The Labute approximate surface area is 174 Å². The molecule has 2 rings (SSSR count). The Morgan fingerprint density at radius 1 is 1.25 bits per heavy atom. The van der Waals surface area contributed by atoms with Crippen LogP contribution in [0.1, 0.15) is 45.2 Å². The van der Waals surface area contributed by atoms with Crippen LogP contribution in [0.25, 0.3) is 0 Å². The highest BCUT2D eigenvalue weighted by molar-refractivity contribution is 8.00. The summed E-state index contributed by atoms with van der Waals surface area (Å²) in [5, 5.41) is 4.07. The summed E-state index contributed by atoms with van der Waals surface area (Å²) in [6.07, 6.45) is 1.18. The minimum absolute atomic E-state index is 0.00121. The van der Waals surface area contributed by atoms with Gasteiger partial charge in [-0.05, 0) is 38.3 Å². The second-order valence-electron chi connectivity index (χ2n) is 7.37. The molecule has 1 aliphatic heterocycles. The predicted octanol–water partition coefficient (Wildman–Crippen LogP) is 2.81. The number of nitrogens with zero attached hydrogens (tertiary/aromatic N) is 2. The molecule has 1 fully saturated rings. The SMILES string of the molecule is CCNC(=NCc1ccc(CS(=O)(=O)NC(C)C)cc1)N1CCSC(CC)C1. The van der Waals surface area contributed by atoms with Crippen LogP contribution >= 0.6 is 11.8 Å². The van der Waals surface area contributed by atoms with Crippen molar-refractivity contribution in [2.24, 2.45) is 4.99 Å². The molecule has 0 amide bonds. The van der Waals surface area contributed by atoms with Gasteiger partial charge in [-0.3, -0.25) is 0 Å². The molecule has 8 heteroatoms. The van der Waals surface area contributed by atoms with E-state index in [1.54, 1.807) is 0 Å². The number of benzene rings is 1. The minimum atomic E-state index is -3.30. The fourth-order valence-electron chi connectivity index (χ4n) is 3.11. The highest BCUT2D eigenvalue weighted by Gasteiger charge is 2.21. The predicted molar refractivity (Wildman–Crippen MR) is 120 cm³/mol. The lowest BCUT2D eigenvalue weighted by atomic mass is 10.1. The Bertz CT molecular complexity index is 733. The summed E-state index contributed by atoms with van der Waals surface area (Å²) in [6.45, 7) is 11.5. The van der Waals surface area contributed by atoms with E-state index in [1.807, 2.05) is 49.9 Å². The zero-order valence-corrected chi connectivity index (χ0v) is 19.1. The molecule has 1 aliphatic rings. The monoisotopic (exact) mass is 426 g/mol. The molecule has 1 heterocycles. The van der Waals surface area contributed by atoms with Crippen molar-refractivity contribution < 1.29 is 8.42 Å². The van der Waals surface area contributed by atoms with Crippen LogP contribution in [0.3, 0.4) is 0 Å². The van der Waals surface area contributed by atoms with E-state index in [9.17, 15) is 8.42 Å². The third-order valence-corrected chi connectivity index (χ3v) is 7.35. The van der Waals surface area contributed by atoms with Gasteiger partial charge in [-0.1, -0.05) is 31.2 Å². The summed E-state index contributed by atoms with van der Waals surface area (Å²) in [7, 11) is -3.30. The van der Waals surface area contributed by atoms with Gasteiger partial charge in [0.25, 0.3) is 0 Å². The molecular weight excluding hydrogens is 392 g/mol. The van der Waals surface area contributed by atoms with Crippen molar-refractivity contribution in [2.75, 3.05) is 25.4 Å². The molecule has 0 aromatic heterocycles. The van der Waals surface area contributed by atoms with E-state index >= 15 is 0 Å². The molecule has 0 aliphatic carbocycles. The summed E-state index contributed by atoms with van der Waals surface area (Å²) < 4.78 is 26.7. The maximum Gasteiger partial charge on any atom is 0.216 e. The maximum absolute atomic E-state index is 12.1. The average Bonchev–Trinajstić information content (AvgIpc) is 2.65. The van der Waals surface area contributed by atoms with Gasteiger partial charge in [-0.15, -0.1) is 0 Å². The van der Waals surface area contributed by atoms with Crippen molar-refractivity contribution in [2.45, 2.75) is 57.7 Å². The zero-order valence-electron chi connectivity index (χ0n) is 17.4. The number of hydrogen-bond acceptors (Lipinski definition) is 4. The molecule has 1 unspecified atom stereocenters. The van der Waals surface area contributed by atoms with E-state index in [0.29, 0.717) is 11.8 Å². The molecule has 0 spiro atoms. The van der Waals surface area contributed by atoms with Crippen LogP contribution in [0.15, 0.2) is 29.3 Å². The fraction of sp³-hybridized carbons (Fsp3) is 0.650. The van der Waals surface area contributed by atoms with E-state index in [4.69, 9.17) is 4.99 Å². The van der Waals surface area contributed by atoms with Crippen LogP contribution in [0.2, 0.25) is 0 Å². The minimum Gasteiger partial charge on any atom is -0.357 e. The number of aliphatic imine (C=N–C) groups is 1. The molecule has 0 bridgehead atoms. The summed E-state index contributed by atoms with van der Waals surface area (Å²) in [5.41, 5.74) is 1.86. The summed E-state index contributed by atoms with van der Waals surface area (Å²) >= 11 is 2.05. The topological polar surface area (TPSA) is 73.8 Å². The van der Waals surface area contributed by atoms with Crippen molar-refractivity contribution in [3.05, 3.63) is 35.4 Å². The molecule has 6 nitrogen and oxygen atoms in total. The molecule has 1 aromatic rings. The van der Waals surface area contributed by atoms with E-state index in [1.165, 1.54) is 6.42 Å². The van der Waals surface area contributed by atoms with Crippen LogP contribution in [-0.2, 0) is 22.3 Å². The van der Waals surface area contributed by atoms with Crippen LogP contribution in [0, 0.1) is 0 Å². The summed E-state index contributed by atoms with van der Waals surface area (Å²) in [6, 6.07) is 7.59. The first-order valence-corrected chi connectivity index (χ1v) is 12.8. The van der Waals surface area contributed by atoms with E-state index in [-0.39, 0.29) is 11.8 Å². The van der Waals surface area contributed by atoms with Crippen molar-refractivity contribution in [3.8, 4) is 0 Å². The Morgan fingerprint density at radius 2 is 1.93 bits per heavy atom. The van der Waals surface area contributed by atoms with Crippen LogP contribution < -0.4 is 10.0 Å². The number of guanidine groups is 1. The number of thioether (sulfide) groups is 1. The van der Waals surface area contributed by atoms with E-state index in [2.05, 4.69) is 28.8 Å². The Morgan fingerprint density at radius 3 is 2.54 bits per heavy atom. The molecule has 1 aromatic carbocycles. The molecule has 1 atom stereocenters. The van der Waals surface area contributed by atoms with E-state index < -0.39 is 10.0 Å². The molecule has 158 valence electrons. The molecule has 28 heavy (non-hydrogen) atoms. The Balaban J connectivity index is 2.00. The second kappa shape index (κ2) is 11.1. The van der Waals surface area contributed by atoms with Crippen molar-refractivity contribution in [3.63, 3.8) is 0 Å². The molecule has 2 N–H and O–H groups in total. The summed E-state index contributed by atoms with van der Waals surface area (Å²) in [5.74, 6) is 2.10. The number of hydrogen-bond donors (Lipinski definition) is 2. The third-order valence-electron chi connectivity index (χ3n) is 4.43. The largest absolute Gasteiger partial charge is 0.357 e. The van der Waals surface area contributed by atoms with Gasteiger partial charge in [-0.2, -0.15) is 11.8 Å². The first-order valence-electron chi connectivity index (χ1n) is 10.1. The number of rotatable bonds is 8. The van der Waals surface area contributed by atoms with Crippen molar-refractivity contribution >= 4 is 27.7 Å². The lowest BCUT2D eigenvalue weighted by molar-refractivity contribution is 0.408. The standard InChI is InChI=1S/C20H34N4O2S2/c1-5-19-14-24(11-12-27-19)20(21-6-2)22-13-17-7-9-18(10-8-17)15-28(25,26)23-16(3)4/h7-10,16,19,23H,5-6,11-15H2,1-4H3,(H,21,22). The Kier molecular flexibility index (Phi) is 9.11. The number of nitrogens with one attached hydrogen (secondary N) is 2. The highest BCUT2D eigenvalue weighted by atomic mass is 32.2. The smallest absolute Gasteiger partial charge is 0.216 e. The maximum atomic E-state index is 12.1. The fourth-order valence-corrected chi connectivity index (χ4v) is 5.72. The van der Waals surface area contributed by atoms with E-state index in [0.717, 1.165) is 42.5 Å². The molecule has 0 radical (unpaired) electrons. The van der Waals surface area contributed by atoms with Gasteiger partial charge in [0.05, 0.1) is 12.3 Å². The lowest BCUT2D eigenvalue weighted by Gasteiger charge is -2.34. The van der Waals surface area contributed by atoms with Gasteiger partial charge < -0.3 is 10.2 Å². The quantitative estimate of drug-likeness (QED) is 0.494. The second-order valence-corrected chi connectivity index (χ2v) is 10.5. The Hall–Kier alpha value is -1.25. The van der Waals surface area contributed by atoms with Gasteiger partial charge in [0.15, 0.2) is 5.96 Å². The average molecular weight is 427 g/mol. The molecular formula is C20H34N4O2S2. The van der Waals surface area contributed by atoms with Crippen LogP contribution in [0.5, 0.6) is 0 Å². The molecule has 0 saturated carbocycles. The number of sulfonamides is 1. The molecule has 1 saturated heterocycles. The van der Waals surface area contributed by atoms with Gasteiger partial charge in [-0.25, -0.2) is 18.1 Å². The van der Waals surface area contributed by atoms with Crippen molar-refractivity contribution in [1.29, 1.82) is 0 Å². The summed E-state index contributed by atoms with van der Waals surface area (Å²) in [4.78, 5) is 7.17. The van der Waals surface area contributed by atoms with Crippen LogP contribution in [0.4, 0.5) is 0 Å². The first-order chi connectivity index (χ1) is 13.3. The third kappa shape index (κ3) is 7.64. The van der Waals surface area contributed by atoms with Gasteiger partial charge in [0.2, 0.25) is 10.0 Å². The zero-order chi connectivity index (χ0) is 20.6. The van der Waals surface area contributed by atoms with Crippen molar-refractivity contribution in [1.82, 2.24) is 14.9 Å². The normalized spacial score (nSPS) is 18.5. The first kappa shape index (κ1) is 23.0.